The van der Waals surface area contributed by atoms with Crippen LogP contribution in [0.15, 0.2) is 42.6 Å². The number of carboxylic acids is 1. The van der Waals surface area contributed by atoms with E-state index >= 15 is 0 Å². The molecule has 0 unspecified atom stereocenters. The summed E-state index contributed by atoms with van der Waals surface area (Å²) in [6.45, 7) is 0. The minimum absolute atomic E-state index is 0.0548. The van der Waals surface area contributed by atoms with Crippen LogP contribution in [-0.2, 0) is 16.0 Å². The molecule has 0 radical (unpaired) electrons. The first-order chi connectivity index (χ1) is 16.3. The average Bonchev–Trinajstić information content (AvgIpc) is 2.80. The Hall–Kier alpha value is -4.34. The maximum atomic E-state index is 12.2. The van der Waals surface area contributed by atoms with E-state index in [-0.39, 0.29) is 31.1 Å². The quantitative estimate of drug-likeness (QED) is 0.352. The van der Waals surface area contributed by atoms with Crippen LogP contribution in [0.25, 0.3) is 11.1 Å². The minimum atomic E-state index is -0.928. The number of hydrogen-bond donors (Lipinski definition) is 4. The number of nitrogens with zero attached hydrogens (tertiary/aromatic N) is 2. The van der Waals surface area contributed by atoms with E-state index in [1.807, 2.05) is 30.3 Å². The van der Waals surface area contributed by atoms with Crippen LogP contribution in [0.4, 0.5) is 17.5 Å². The molecule has 1 amide bonds. The van der Waals surface area contributed by atoms with Crippen LogP contribution in [-0.4, -0.2) is 41.2 Å². The number of aromatic nitrogens is 2. The third-order valence-corrected chi connectivity index (χ3v) is 5.10. The summed E-state index contributed by atoms with van der Waals surface area (Å²) in [5, 5.41) is 11.6. The Morgan fingerprint density at radius 2 is 1.88 bits per heavy atom. The highest BCUT2D eigenvalue weighted by molar-refractivity contribution is 5.92. The molecule has 0 aliphatic rings. The predicted molar refractivity (Wildman–Crippen MR) is 129 cm³/mol. The van der Waals surface area contributed by atoms with Gasteiger partial charge in [-0.2, -0.15) is 4.98 Å². The number of amides is 1. The third kappa shape index (κ3) is 6.12. The summed E-state index contributed by atoms with van der Waals surface area (Å²) in [5.74, 6) is 0.303. The van der Waals surface area contributed by atoms with Gasteiger partial charge in [0, 0.05) is 42.3 Å². The number of carbonyl (C=O) groups is 2. The second-order valence-corrected chi connectivity index (χ2v) is 7.57. The normalized spacial score (nSPS) is 10.5. The number of ether oxygens (including phenoxy) is 2. The molecule has 6 N–H and O–H groups in total. The van der Waals surface area contributed by atoms with E-state index < -0.39 is 5.97 Å². The molecule has 178 valence electrons. The molecule has 34 heavy (non-hydrogen) atoms. The van der Waals surface area contributed by atoms with Crippen molar-refractivity contribution < 1.29 is 24.2 Å². The summed E-state index contributed by atoms with van der Waals surface area (Å²) in [6, 6.07) is 11.1. The first-order valence-corrected chi connectivity index (χ1v) is 10.5. The predicted octanol–water partition coefficient (Wildman–Crippen LogP) is 3.11. The highest BCUT2D eigenvalue weighted by Crippen LogP contribution is 2.40. The molecule has 0 atom stereocenters. The fourth-order valence-electron chi connectivity index (χ4n) is 3.52. The summed E-state index contributed by atoms with van der Waals surface area (Å²) in [4.78, 5) is 30.9. The van der Waals surface area contributed by atoms with Gasteiger partial charge in [0.05, 0.1) is 14.2 Å². The van der Waals surface area contributed by atoms with Crippen LogP contribution in [0.1, 0.15) is 30.4 Å². The SMILES string of the molecule is COc1cc(Cc2cnc(N)nc2N)cc(-c2cccc(NC(=O)CCCC(=O)O)c2)c1OC. The lowest BCUT2D eigenvalue weighted by atomic mass is 9.97. The van der Waals surface area contributed by atoms with Gasteiger partial charge in [-0.15, -0.1) is 0 Å². The van der Waals surface area contributed by atoms with Crippen LogP contribution in [0.3, 0.4) is 0 Å². The van der Waals surface area contributed by atoms with Gasteiger partial charge in [-0.1, -0.05) is 12.1 Å². The monoisotopic (exact) mass is 465 g/mol. The Labute approximate surface area is 196 Å². The van der Waals surface area contributed by atoms with Gasteiger partial charge in [0.15, 0.2) is 11.5 Å². The van der Waals surface area contributed by atoms with Crippen LogP contribution >= 0.6 is 0 Å². The summed E-state index contributed by atoms with van der Waals surface area (Å²) >= 11 is 0. The maximum Gasteiger partial charge on any atom is 0.303 e. The van der Waals surface area contributed by atoms with Gasteiger partial charge in [-0.3, -0.25) is 9.59 Å². The number of aliphatic carboxylic acids is 1. The molecule has 0 aliphatic heterocycles. The molecule has 0 saturated heterocycles. The third-order valence-electron chi connectivity index (χ3n) is 5.10. The van der Waals surface area contributed by atoms with Crippen LogP contribution in [0.2, 0.25) is 0 Å². The second kappa shape index (κ2) is 11.0. The summed E-state index contributed by atoms with van der Waals surface area (Å²) in [5.41, 5.74) is 15.3. The Morgan fingerprint density at radius 1 is 1.09 bits per heavy atom. The first kappa shape index (κ1) is 24.3. The standard InChI is InChI=1S/C24H27N5O5/c1-33-19-11-14(9-16-13-27-24(26)29-23(16)25)10-18(22(19)34-2)15-5-3-6-17(12-15)28-20(30)7-4-8-21(31)32/h3,5-6,10-13H,4,7-9H2,1-2H3,(H,28,30)(H,31,32)(H4,25,26,27,29). The molecule has 10 heteroatoms. The van der Waals surface area contributed by atoms with Crippen molar-refractivity contribution in [3.8, 4) is 22.6 Å². The van der Waals surface area contributed by atoms with Crippen LogP contribution in [0, 0.1) is 0 Å². The molecule has 3 rings (SSSR count). The van der Waals surface area contributed by atoms with E-state index in [0.29, 0.717) is 29.4 Å². The van der Waals surface area contributed by atoms with Crippen molar-refractivity contribution in [1.82, 2.24) is 9.97 Å². The Bertz CT molecular complexity index is 1200. The summed E-state index contributed by atoms with van der Waals surface area (Å²) in [6.07, 6.45) is 2.37. The van der Waals surface area contributed by atoms with Crippen molar-refractivity contribution in [3.05, 3.63) is 53.7 Å². The number of anilines is 3. The Balaban J connectivity index is 1.91. The molecule has 0 saturated carbocycles. The van der Waals surface area contributed by atoms with E-state index in [1.54, 1.807) is 26.5 Å². The molecule has 0 bridgehead atoms. The fourth-order valence-corrected chi connectivity index (χ4v) is 3.52. The molecule has 0 fully saturated rings. The number of nitrogens with one attached hydrogen (secondary N) is 1. The van der Waals surface area contributed by atoms with Gasteiger partial charge >= 0.3 is 5.97 Å². The van der Waals surface area contributed by atoms with E-state index in [2.05, 4.69) is 15.3 Å². The number of methoxy groups -OCH3 is 2. The van der Waals surface area contributed by atoms with Crippen molar-refractivity contribution in [3.63, 3.8) is 0 Å². The summed E-state index contributed by atoms with van der Waals surface area (Å²) in [7, 11) is 3.11. The van der Waals surface area contributed by atoms with Crippen molar-refractivity contribution in [2.75, 3.05) is 31.0 Å². The van der Waals surface area contributed by atoms with Crippen molar-refractivity contribution in [2.45, 2.75) is 25.7 Å². The van der Waals surface area contributed by atoms with Crippen molar-refractivity contribution >= 4 is 29.3 Å². The number of rotatable bonds is 10. The number of benzene rings is 2. The van der Waals surface area contributed by atoms with Crippen LogP contribution < -0.4 is 26.3 Å². The lowest BCUT2D eigenvalue weighted by Crippen LogP contribution is -2.11. The minimum Gasteiger partial charge on any atom is -0.493 e. The molecule has 3 aromatic rings. The van der Waals surface area contributed by atoms with E-state index in [4.69, 9.17) is 26.0 Å². The average molecular weight is 466 g/mol. The Morgan fingerprint density at radius 3 is 2.56 bits per heavy atom. The van der Waals surface area contributed by atoms with E-state index in [0.717, 1.165) is 22.3 Å². The fraction of sp³-hybridized carbons (Fsp3) is 0.250. The van der Waals surface area contributed by atoms with Gasteiger partial charge in [0.2, 0.25) is 11.9 Å². The van der Waals surface area contributed by atoms with E-state index in [9.17, 15) is 9.59 Å². The van der Waals surface area contributed by atoms with Crippen molar-refractivity contribution in [1.29, 1.82) is 0 Å². The number of carbonyl (C=O) groups excluding carboxylic acids is 1. The second-order valence-electron chi connectivity index (χ2n) is 7.57. The lowest BCUT2D eigenvalue weighted by Gasteiger charge is -2.16. The molecule has 1 heterocycles. The molecule has 10 nitrogen and oxygen atoms in total. The van der Waals surface area contributed by atoms with Crippen molar-refractivity contribution in [2.24, 2.45) is 0 Å². The number of carboxylic acid groups (broad SMARTS) is 1. The van der Waals surface area contributed by atoms with Gasteiger partial charge in [-0.05, 0) is 41.8 Å². The zero-order chi connectivity index (χ0) is 24.7. The number of nitrogens with two attached hydrogens (primary N) is 2. The molecular formula is C24H27N5O5. The first-order valence-electron chi connectivity index (χ1n) is 10.5. The maximum absolute atomic E-state index is 12.2. The molecule has 1 aromatic heterocycles. The van der Waals surface area contributed by atoms with Gasteiger partial charge < -0.3 is 31.4 Å². The molecular weight excluding hydrogens is 438 g/mol. The molecule has 0 spiro atoms. The highest BCUT2D eigenvalue weighted by Gasteiger charge is 2.16. The molecule has 2 aromatic carbocycles. The Kier molecular flexibility index (Phi) is 7.86. The van der Waals surface area contributed by atoms with Gasteiger partial charge in [-0.25, -0.2) is 4.98 Å². The topological polar surface area (TPSA) is 163 Å². The van der Waals surface area contributed by atoms with Gasteiger partial charge in [0.1, 0.15) is 5.82 Å². The van der Waals surface area contributed by atoms with Crippen LogP contribution in [0.5, 0.6) is 11.5 Å². The largest absolute Gasteiger partial charge is 0.493 e. The van der Waals surface area contributed by atoms with E-state index in [1.165, 1.54) is 0 Å². The highest BCUT2D eigenvalue weighted by atomic mass is 16.5. The number of nitrogen functional groups attached to an aromatic ring is 2. The zero-order valence-corrected chi connectivity index (χ0v) is 19.0. The zero-order valence-electron chi connectivity index (χ0n) is 19.0. The summed E-state index contributed by atoms with van der Waals surface area (Å²) < 4.78 is 11.2. The number of hydrogen-bond acceptors (Lipinski definition) is 8. The smallest absolute Gasteiger partial charge is 0.303 e. The lowest BCUT2D eigenvalue weighted by molar-refractivity contribution is -0.137. The van der Waals surface area contributed by atoms with Gasteiger partial charge in [0.25, 0.3) is 0 Å². The molecule has 0 aliphatic carbocycles.